The Kier molecular flexibility index (Phi) is 6.21. The van der Waals surface area contributed by atoms with Gasteiger partial charge in [0, 0.05) is 16.0 Å². The third-order valence-corrected chi connectivity index (χ3v) is 4.71. The van der Waals surface area contributed by atoms with Crippen molar-refractivity contribution in [2.75, 3.05) is 11.1 Å². The minimum atomic E-state index is -0.216. The summed E-state index contributed by atoms with van der Waals surface area (Å²) in [5.41, 5.74) is 0.739. The Morgan fingerprint density at radius 3 is 2.76 bits per heavy atom. The van der Waals surface area contributed by atoms with Crippen LogP contribution in [0.15, 0.2) is 23.1 Å². The predicted octanol–water partition coefficient (Wildman–Crippen LogP) is 3.88. The van der Waals surface area contributed by atoms with Crippen LogP contribution >= 0.6 is 23.4 Å². The Labute approximate surface area is 134 Å². The molecule has 0 radical (unpaired) electrons. The lowest BCUT2D eigenvalue weighted by Gasteiger charge is -2.26. The van der Waals surface area contributed by atoms with E-state index in [1.165, 1.54) is 0 Å². The number of hydrogen-bond donors (Lipinski definition) is 3. The van der Waals surface area contributed by atoms with Gasteiger partial charge in [0.25, 0.3) is 0 Å². The number of halogens is 1. The zero-order valence-corrected chi connectivity index (χ0v) is 13.6. The number of hydrogen-bond acceptors (Lipinski definition) is 3. The number of aliphatic hydroxyl groups is 1. The molecule has 0 aromatic heterocycles. The van der Waals surface area contributed by atoms with E-state index in [-0.39, 0.29) is 18.2 Å². The summed E-state index contributed by atoms with van der Waals surface area (Å²) < 4.78 is 0. The second-order valence-corrected chi connectivity index (χ2v) is 6.92. The van der Waals surface area contributed by atoms with Crippen molar-refractivity contribution in [1.82, 2.24) is 5.32 Å². The van der Waals surface area contributed by atoms with Gasteiger partial charge < -0.3 is 15.7 Å². The maximum atomic E-state index is 12.1. The van der Waals surface area contributed by atoms with Crippen LogP contribution in [0.25, 0.3) is 0 Å². The number of rotatable bonds is 4. The first-order chi connectivity index (χ1) is 10.1. The van der Waals surface area contributed by atoms with E-state index in [0.29, 0.717) is 5.02 Å². The van der Waals surface area contributed by atoms with Gasteiger partial charge in [-0.25, -0.2) is 4.79 Å². The average Bonchev–Trinajstić information content (AvgIpc) is 2.44. The highest BCUT2D eigenvalue weighted by molar-refractivity contribution is 7.99. The third-order valence-electron chi connectivity index (χ3n) is 3.52. The molecule has 0 spiro atoms. The number of aliphatic hydroxyl groups excluding tert-OH is 1. The summed E-state index contributed by atoms with van der Waals surface area (Å²) in [6.07, 6.45) is 2.92. The largest absolute Gasteiger partial charge is 0.393 e. The fourth-order valence-corrected chi connectivity index (χ4v) is 3.36. The summed E-state index contributed by atoms with van der Waals surface area (Å²) in [4.78, 5) is 13.1. The van der Waals surface area contributed by atoms with E-state index >= 15 is 0 Å². The normalized spacial score (nSPS) is 21.9. The van der Waals surface area contributed by atoms with E-state index in [2.05, 4.69) is 17.6 Å². The first-order valence-corrected chi connectivity index (χ1v) is 8.62. The zero-order chi connectivity index (χ0) is 15.2. The van der Waals surface area contributed by atoms with Crippen molar-refractivity contribution in [2.24, 2.45) is 0 Å². The van der Waals surface area contributed by atoms with Gasteiger partial charge in [0.2, 0.25) is 0 Å². The first kappa shape index (κ1) is 16.5. The second-order valence-electron chi connectivity index (χ2n) is 5.18. The molecular formula is C15H21ClN2O2S. The van der Waals surface area contributed by atoms with Gasteiger partial charge in [-0.3, -0.25) is 0 Å². The topological polar surface area (TPSA) is 61.4 Å². The summed E-state index contributed by atoms with van der Waals surface area (Å²) in [6.45, 7) is 2.07. The van der Waals surface area contributed by atoms with E-state index in [1.807, 2.05) is 12.1 Å². The Morgan fingerprint density at radius 2 is 2.10 bits per heavy atom. The number of anilines is 1. The molecule has 0 atom stereocenters. The molecule has 0 bridgehead atoms. The van der Waals surface area contributed by atoms with Crippen molar-refractivity contribution in [2.45, 2.75) is 49.6 Å². The lowest BCUT2D eigenvalue weighted by molar-refractivity contribution is 0.118. The summed E-state index contributed by atoms with van der Waals surface area (Å²) in [7, 11) is 0. The number of amides is 2. The Morgan fingerprint density at radius 1 is 1.38 bits per heavy atom. The van der Waals surface area contributed by atoms with Crippen molar-refractivity contribution in [3.8, 4) is 0 Å². The Hall–Kier alpha value is -0.910. The molecule has 0 unspecified atom stereocenters. The van der Waals surface area contributed by atoms with Crippen LogP contribution in [-0.2, 0) is 0 Å². The van der Waals surface area contributed by atoms with Gasteiger partial charge in [-0.05, 0) is 49.6 Å². The monoisotopic (exact) mass is 328 g/mol. The molecule has 1 fully saturated rings. The number of benzene rings is 1. The molecular weight excluding hydrogens is 308 g/mol. The van der Waals surface area contributed by atoms with Crippen molar-refractivity contribution >= 4 is 35.1 Å². The van der Waals surface area contributed by atoms with Crippen LogP contribution in [0, 0.1) is 0 Å². The zero-order valence-electron chi connectivity index (χ0n) is 12.1. The Bertz CT molecular complexity index is 491. The highest BCUT2D eigenvalue weighted by Gasteiger charge is 2.21. The van der Waals surface area contributed by atoms with Gasteiger partial charge in [-0.15, -0.1) is 11.8 Å². The molecule has 3 N–H and O–H groups in total. The van der Waals surface area contributed by atoms with Crippen LogP contribution < -0.4 is 10.6 Å². The molecule has 4 nitrogen and oxygen atoms in total. The molecule has 0 heterocycles. The van der Waals surface area contributed by atoms with Crippen molar-refractivity contribution < 1.29 is 9.90 Å². The van der Waals surface area contributed by atoms with E-state index in [4.69, 9.17) is 11.6 Å². The number of urea groups is 1. The Balaban J connectivity index is 1.94. The highest BCUT2D eigenvalue weighted by Crippen LogP contribution is 2.30. The maximum Gasteiger partial charge on any atom is 0.319 e. The molecule has 0 aliphatic heterocycles. The van der Waals surface area contributed by atoms with Crippen LogP contribution in [0.3, 0.4) is 0 Å². The number of carbonyl (C=O) groups is 1. The van der Waals surface area contributed by atoms with Crippen LogP contribution in [0.1, 0.15) is 32.6 Å². The molecule has 21 heavy (non-hydrogen) atoms. The van der Waals surface area contributed by atoms with Crippen molar-refractivity contribution in [3.05, 3.63) is 23.2 Å². The van der Waals surface area contributed by atoms with Crippen molar-refractivity contribution in [1.29, 1.82) is 0 Å². The van der Waals surface area contributed by atoms with Gasteiger partial charge in [0.1, 0.15) is 0 Å². The molecule has 1 aliphatic carbocycles. The van der Waals surface area contributed by atoms with Gasteiger partial charge >= 0.3 is 6.03 Å². The van der Waals surface area contributed by atoms with Gasteiger partial charge in [-0.1, -0.05) is 18.5 Å². The van der Waals surface area contributed by atoms with Gasteiger partial charge in [0.05, 0.1) is 11.8 Å². The molecule has 0 saturated heterocycles. The quantitative estimate of drug-likeness (QED) is 0.735. The van der Waals surface area contributed by atoms with Crippen LogP contribution in [-0.4, -0.2) is 29.0 Å². The standard InChI is InChI=1S/C15H21ClN2O2S/c1-2-21-14-8-3-10(16)9-13(14)18-15(20)17-11-4-6-12(19)7-5-11/h3,8-9,11-12,19H,2,4-7H2,1H3,(H2,17,18,20). The molecule has 1 aliphatic rings. The first-order valence-electron chi connectivity index (χ1n) is 7.26. The molecule has 2 amide bonds. The average molecular weight is 329 g/mol. The van der Waals surface area contributed by atoms with E-state index < -0.39 is 0 Å². The van der Waals surface area contributed by atoms with Gasteiger partial charge in [0.15, 0.2) is 0 Å². The SMILES string of the molecule is CCSc1ccc(Cl)cc1NC(=O)NC1CCC(O)CC1. The lowest BCUT2D eigenvalue weighted by Crippen LogP contribution is -2.40. The third kappa shape index (κ3) is 5.09. The van der Waals surface area contributed by atoms with E-state index in [0.717, 1.165) is 42.0 Å². The number of nitrogens with one attached hydrogen (secondary N) is 2. The van der Waals surface area contributed by atoms with Crippen LogP contribution in [0.5, 0.6) is 0 Å². The van der Waals surface area contributed by atoms with E-state index in [1.54, 1.807) is 17.8 Å². The lowest BCUT2D eigenvalue weighted by atomic mass is 9.93. The summed E-state index contributed by atoms with van der Waals surface area (Å²) in [5, 5.41) is 15.9. The maximum absolute atomic E-state index is 12.1. The second kappa shape index (κ2) is 7.92. The minimum Gasteiger partial charge on any atom is -0.393 e. The number of carbonyl (C=O) groups excluding carboxylic acids is 1. The molecule has 2 rings (SSSR count). The fraction of sp³-hybridized carbons (Fsp3) is 0.533. The highest BCUT2D eigenvalue weighted by atomic mass is 35.5. The van der Waals surface area contributed by atoms with Crippen LogP contribution in [0.4, 0.5) is 10.5 Å². The smallest absolute Gasteiger partial charge is 0.319 e. The minimum absolute atomic E-state index is 0.134. The fourth-order valence-electron chi connectivity index (χ4n) is 2.45. The molecule has 1 aromatic rings. The molecule has 1 saturated carbocycles. The molecule has 6 heteroatoms. The van der Waals surface area contributed by atoms with E-state index in [9.17, 15) is 9.90 Å². The predicted molar refractivity (Wildman–Crippen MR) is 88.3 cm³/mol. The summed E-state index contributed by atoms with van der Waals surface area (Å²) >= 11 is 7.66. The molecule has 116 valence electrons. The van der Waals surface area contributed by atoms with Crippen LogP contribution in [0.2, 0.25) is 5.02 Å². The summed E-state index contributed by atoms with van der Waals surface area (Å²) in [6, 6.07) is 5.43. The van der Waals surface area contributed by atoms with Gasteiger partial charge in [-0.2, -0.15) is 0 Å². The van der Waals surface area contributed by atoms with Crippen molar-refractivity contribution in [3.63, 3.8) is 0 Å². The summed E-state index contributed by atoms with van der Waals surface area (Å²) in [5.74, 6) is 0.929. The number of thioether (sulfide) groups is 1. The molecule has 1 aromatic carbocycles.